The molecule has 0 unspecified atom stereocenters. The van der Waals surface area contributed by atoms with E-state index in [1.807, 2.05) is 22.6 Å². The Morgan fingerprint density at radius 3 is 2.82 bits per heavy atom. The molecule has 1 N–H and O–H groups in total. The molecule has 0 spiro atoms. The van der Waals surface area contributed by atoms with Gasteiger partial charge in [-0.05, 0) is 34.7 Å². The van der Waals surface area contributed by atoms with E-state index in [0.29, 0.717) is 27.1 Å². The minimum absolute atomic E-state index is 0.302. The number of hydrogen-bond donors (Lipinski definition) is 1. The first-order valence-electron chi connectivity index (χ1n) is 5.98. The Balaban J connectivity index is 2.16. The number of nitrogens with one attached hydrogen (secondary N) is 1. The second-order valence-corrected chi connectivity index (χ2v) is 6.21. The standard InChI is InChI=1S/C13H11Cl2IN4O2/c1-20-6-10(16)11(19-20)13(21)18-17-5-7-3-8(14)4-9(15)12(7)22-2/h3-6H,1-2H3,(H,18,21). The van der Waals surface area contributed by atoms with Crippen LogP contribution < -0.4 is 10.2 Å². The van der Waals surface area contributed by atoms with Gasteiger partial charge in [-0.15, -0.1) is 0 Å². The lowest BCUT2D eigenvalue weighted by Crippen LogP contribution is -2.19. The molecule has 6 nitrogen and oxygen atoms in total. The van der Waals surface area contributed by atoms with Gasteiger partial charge in [-0.25, -0.2) is 5.43 Å². The highest BCUT2D eigenvalue weighted by molar-refractivity contribution is 14.1. The van der Waals surface area contributed by atoms with Crippen molar-refractivity contribution in [3.8, 4) is 5.75 Å². The lowest BCUT2D eigenvalue weighted by molar-refractivity contribution is 0.0948. The van der Waals surface area contributed by atoms with Crippen LogP contribution >= 0.6 is 45.8 Å². The maximum Gasteiger partial charge on any atom is 0.292 e. The molecule has 0 atom stereocenters. The third-order valence-corrected chi connectivity index (χ3v) is 3.90. The molecule has 1 heterocycles. The molecule has 2 rings (SSSR count). The summed E-state index contributed by atoms with van der Waals surface area (Å²) in [4.78, 5) is 12.0. The highest BCUT2D eigenvalue weighted by atomic mass is 127. The highest BCUT2D eigenvalue weighted by Gasteiger charge is 2.13. The van der Waals surface area contributed by atoms with Crippen molar-refractivity contribution >= 4 is 57.9 Å². The SMILES string of the molecule is COc1c(Cl)cc(Cl)cc1C=NNC(=O)c1nn(C)cc1I. The van der Waals surface area contributed by atoms with Crippen molar-refractivity contribution in [3.63, 3.8) is 0 Å². The summed E-state index contributed by atoms with van der Waals surface area (Å²) in [5.74, 6) is 0.0184. The number of carbonyl (C=O) groups excluding carboxylic acids is 1. The van der Waals surface area contributed by atoms with Gasteiger partial charge in [0.15, 0.2) is 5.69 Å². The van der Waals surface area contributed by atoms with Gasteiger partial charge in [0, 0.05) is 23.8 Å². The molecule has 1 aromatic heterocycles. The predicted molar refractivity (Wildman–Crippen MR) is 94.0 cm³/mol. The molecule has 0 saturated heterocycles. The minimum atomic E-state index is -0.409. The molecular weight excluding hydrogens is 442 g/mol. The number of ether oxygens (including phenoxy) is 1. The summed E-state index contributed by atoms with van der Waals surface area (Å²) in [6.07, 6.45) is 3.14. The van der Waals surface area contributed by atoms with Crippen molar-refractivity contribution in [2.45, 2.75) is 0 Å². The van der Waals surface area contributed by atoms with Crippen LogP contribution in [0.15, 0.2) is 23.4 Å². The third-order valence-electron chi connectivity index (χ3n) is 2.61. The Bertz CT molecular complexity index is 746. The monoisotopic (exact) mass is 452 g/mol. The average Bonchev–Trinajstić information content (AvgIpc) is 2.77. The second-order valence-electron chi connectivity index (χ2n) is 4.21. The molecule has 0 fully saturated rings. The van der Waals surface area contributed by atoms with Crippen LogP contribution in [0.5, 0.6) is 5.75 Å². The summed E-state index contributed by atoms with van der Waals surface area (Å²) in [6.45, 7) is 0. The van der Waals surface area contributed by atoms with E-state index in [2.05, 4.69) is 15.6 Å². The molecule has 0 bridgehead atoms. The van der Waals surface area contributed by atoms with E-state index in [0.717, 1.165) is 3.57 Å². The lowest BCUT2D eigenvalue weighted by Gasteiger charge is -2.07. The van der Waals surface area contributed by atoms with Crippen molar-refractivity contribution in [2.24, 2.45) is 12.1 Å². The van der Waals surface area contributed by atoms with E-state index in [-0.39, 0.29) is 0 Å². The minimum Gasteiger partial charge on any atom is -0.495 e. The molecule has 0 aliphatic carbocycles. The van der Waals surface area contributed by atoms with Crippen molar-refractivity contribution in [1.82, 2.24) is 15.2 Å². The number of rotatable bonds is 4. The Labute approximate surface area is 150 Å². The van der Waals surface area contributed by atoms with Gasteiger partial charge in [-0.1, -0.05) is 23.2 Å². The molecule has 0 radical (unpaired) electrons. The van der Waals surface area contributed by atoms with Gasteiger partial charge in [-0.3, -0.25) is 9.48 Å². The molecular formula is C13H11Cl2IN4O2. The van der Waals surface area contributed by atoms with Gasteiger partial charge in [0.1, 0.15) is 5.75 Å². The zero-order chi connectivity index (χ0) is 16.3. The fraction of sp³-hybridized carbons (Fsp3) is 0.154. The summed E-state index contributed by atoms with van der Waals surface area (Å²) in [5.41, 5.74) is 3.25. The predicted octanol–water partition coefficient (Wildman–Crippen LogP) is 3.10. The molecule has 9 heteroatoms. The van der Waals surface area contributed by atoms with Gasteiger partial charge < -0.3 is 4.74 Å². The molecule has 0 aliphatic rings. The lowest BCUT2D eigenvalue weighted by atomic mass is 10.2. The van der Waals surface area contributed by atoms with E-state index in [4.69, 9.17) is 27.9 Å². The number of aromatic nitrogens is 2. The number of methoxy groups -OCH3 is 1. The van der Waals surface area contributed by atoms with Crippen LogP contribution in [0.2, 0.25) is 10.0 Å². The normalized spacial score (nSPS) is 11.0. The number of hydrogen-bond acceptors (Lipinski definition) is 4. The number of aryl methyl sites for hydroxylation is 1. The van der Waals surface area contributed by atoms with Crippen LogP contribution in [0.25, 0.3) is 0 Å². The van der Waals surface area contributed by atoms with E-state index in [9.17, 15) is 4.79 Å². The second kappa shape index (κ2) is 7.30. The number of benzene rings is 1. The van der Waals surface area contributed by atoms with Crippen LogP contribution in [0.3, 0.4) is 0 Å². The van der Waals surface area contributed by atoms with E-state index in [1.165, 1.54) is 13.3 Å². The van der Waals surface area contributed by atoms with Crippen molar-refractivity contribution < 1.29 is 9.53 Å². The highest BCUT2D eigenvalue weighted by Crippen LogP contribution is 2.31. The summed E-state index contributed by atoms with van der Waals surface area (Å²) >= 11 is 14.0. The average molecular weight is 453 g/mol. The largest absolute Gasteiger partial charge is 0.495 e. The summed E-state index contributed by atoms with van der Waals surface area (Å²) in [7, 11) is 3.22. The van der Waals surface area contributed by atoms with Gasteiger partial charge >= 0.3 is 0 Å². The van der Waals surface area contributed by atoms with Crippen molar-refractivity contribution in [1.29, 1.82) is 0 Å². The first kappa shape index (κ1) is 17.0. The molecule has 22 heavy (non-hydrogen) atoms. The Hall–Kier alpha value is -1.32. The van der Waals surface area contributed by atoms with Crippen LogP contribution in [-0.4, -0.2) is 29.0 Å². The van der Waals surface area contributed by atoms with Crippen LogP contribution in [0.4, 0.5) is 0 Å². The molecule has 1 aromatic carbocycles. The van der Waals surface area contributed by atoms with E-state index >= 15 is 0 Å². The quantitative estimate of drug-likeness (QED) is 0.440. The topological polar surface area (TPSA) is 68.5 Å². The van der Waals surface area contributed by atoms with E-state index < -0.39 is 5.91 Å². The third kappa shape index (κ3) is 3.90. The summed E-state index contributed by atoms with van der Waals surface area (Å²) in [6, 6.07) is 3.20. The molecule has 1 amide bonds. The Morgan fingerprint density at radius 2 is 2.23 bits per heavy atom. The smallest absolute Gasteiger partial charge is 0.292 e. The fourth-order valence-corrected chi connectivity index (χ4v) is 3.06. The maximum absolute atomic E-state index is 12.0. The van der Waals surface area contributed by atoms with Gasteiger partial charge in [0.25, 0.3) is 5.91 Å². The first-order chi connectivity index (χ1) is 10.4. The molecule has 0 aliphatic heterocycles. The zero-order valence-corrected chi connectivity index (χ0v) is 15.3. The number of halogens is 3. The number of carbonyl (C=O) groups is 1. The number of amides is 1. The first-order valence-corrected chi connectivity index (χ1v) is 7.81. The Morgan fingerprint density at radius 1 is 1.50 bits per heavy atom. The summed E-state index contributed by atoms with van der Waals surface area (Å²) < 4.78 is 7.47. The van der Waals surface area contributed by atoms with Gasteiger partial charge in [0.05, 0.1) is 21.9 Å². The van der Waals surface area contributed by atoms with Crippen LogP contribution in [-0.2, 0) is 7.05 Å². The van der Waals surface area contributed by atoms with Crippen LogP contribution in [0.1, 0.15) is 16.1 Å². The van der Waals surface area contributed by atoms with Gasteiger partial charge in [0.2, 0.25) is 0 Å². The van der Waals surface area contributed by atoms with Gasteiger partial charge in [-0.2, -0.15) is 10.2 Å². The summed E-state index contributed by atoms with van der Waals surface area (Å²) in [5, 5.41) is 8.74. The van der Waals surface area contributed by atoms with Crippen molar-refractivity contribution in [3.05, 3.63) is 43.2 Å². The number of nitrogens with zero attached hydrogens (tertiary/aromatic N) is 3. The molecule has 0 saturated carbocycles. The number of hydrazone groups is 1. The van der Waals surface area contributed by atoms with Crippen molar-refractivity contribution in [2.75, 3.05) is 7.11 Å². The molecule has 2 aromatic rings. The zero-order valence-electron chi connectivity index (χ0n) is 11.6. The Kier molecular flexibility index (Phi) is 5.65. The molecule has 116 valence electrons. The van der Waals surface area contributed by atoms with E-state index in [1.54, 1.807) is 30.1 Å². The van der Waals surface area contributed by atoms with Crippen LogP contribution in [0, 0.1) is 3.57 Å². The maximum atomic E-state index is 12.0. The fourth-order valence-electron chi connectivity index (χ4n) is 1.72.